The molecule has 9 aromatic rings. The number of para-hydroxylation sites is 2. The molecule has 0 saturated heterocycles. The van der Waals surface area contributed by atoms with E-state index < -0.39 is 0 Å². The van der Waals surface area contributed by atoms with Gasteiger partial charge in [-0.15, -0.1) is 22.7 Å². The van der Waals surface area contributed by atoms with E-state index in [4.69, 9.17) is 9.97 Å². The molecule has 214 valence electrons. The van der Waals surface area contributed by atoms with Crippen molar-refractivity contribution in [2.75, 3.05) is 0 Å². The number of hydrogen-bond donors (Lipinski definition) is 0. The number of pyridine rings is 1. The van der Waals surface area contributed by atoms with Crippen LogP contribution in [0.2, 0.25) is 0 Å². The zero-order valence-corrected chi connectivity index (χ0v) is 25.8. The van der Waals surface area contributed by atoms with Gasteiger partial charge in [-0.05, 0) is 60.7 Å². The molecule has 6 nitrogen and oxygen atoms in total. The lowest BCUT2D eigenvalue weighted by Gasteiger charge is -2.11. The van der Waals surface area contributed by atoms with Crippen molar-refractivity contribution in [3.05, 3.63) is 126 Å². The number of imidazole rings is 1. The SMILES string of the molecule is Cn1c(-c2ccc3c4cc(-c5nccs5)ccc4n(-c4cccc(-c5ccc(-c6nccs6)cn5)c4)c3c2)nc2ccccc21. The summed E-state index contributed by atoms with van der Waals surface area (Å²) in [7, 11) is 2.08. The Morgan fingerprint density at radius 1 is 0.578 bits per heavy atom. The monoisotopic (exact) mass is 616 g/mol. The maximum absolute atomic E-state index is 5.01. The Hall–Kier alpha value is -5.44. The zero-order chi connectivity index (χ0) is 29.9. The first-order valence-corrected chi connectivity index (χ1v) is 16.3. The number of nitrogens with zero attached hydrogens (tertiary/aromatic N) is 6. The number of fused-ring (bicyclic) bond motifs is 4. The summed E-state index contributed by atoms with van der Waals surface area (Å²) in [5.41, 5.74) is 10.6. The molecular weight excluding hydrogens is 593 g/mol. The van der Waals surface area contributed by atoms with Gasteiger partial charge in [0.05, 0.1) is 27.8 Å². The van der Waals surface area contributed by atoms with Gasteiger partial charge in [0.2, 0.25) is 0 Å². The molecule has 0 aliphatic carbocycles. The van der Waals surface area contributed by atoms with Crippen LogP contribution < -0.4 is 0 Å². The predicted octanol–water partition coefficient (Wildman–Crippen LogP) is 9.65. The van der Waals surface area contributed by atoms with Gasteiger partial charge in [-0.25, -0.2) is 15.0 Å². The van der Waals surface area contributed by atoms with Gasteiger partial charge in [-0.2, -0.15) is 0 Å². The van der Waals surface area contributed by atoms with Crippen molar-refractivity contribution in [1.82, 2.24) is 29.1 Å². The Bertz CT molecular complexity index is 2490. The summed E-state index contributed by atoms with van der Waals surface area (Å²) in [6, 6.07) is 34.4. The molecule has 5 aromatic heterocycles. The fourth-order valence-corrected chi connectivity index (χ4v) is 7.47. The summed E-state index contributed by atoms with van der Waals surface area (Å²) in [5, 5.41) is 8.37. The van der Waals surface area contributed by atoms with Crippen molar-refractivity contribution >= 4 is 55.5 Å². The first kappa shape index (κ1) is 26.0. The largest absolute Gasteiger partial charge is 0.327 e. The Kier molecular flexibility index (Phi) is 5.97. The zero-order valence-electron chi connectivity index (χ0n) is 24.1. The van der Waals surface area contributed by atoms with Crippen LogP contribution in [0.15, 0.2) is 126 Å². The minimum Gasteiger partial charge on any atom is -0.327 e. The first-order valence-electron chi connectivity index (χ1n) is 14.6. The summed E-state index contributed by atoms with van der Waals surface area (Å²) in [6.07, 6.45) is 5.59. The van der Waals surface area contributed by atoms with Crippen molar-refractivity contribution in [2.45, 2.75) is 0 Å². The molecule has 45 heavy (non-hydrogen) atoms. The van der Waals surface area contributed by atoms with Gasteiger partial charge < -0.3 is 9.13 Å². The second-order valence-corrected chi connectivity index (χ2v) is 12.7. The fraction of sp³-hybridized carbons (Fsp3) is 0.0270. The molecule has 0 unspecified atom stereocenters. The van der Waals surface area contributed by atoms with Gasteiger partial charge in [0, 0.05) is 75.1 Å². The van der Waals surface area contributed by atoms with Crippen molar-refractivity contribution in [1.29, 1.82) is 0 Å². The second-order valence-electron chi connectivity index (χ2n) is 10.9. The molecular formula is C37H24N6S2. The van der Waals surface area contributed by atoms with Crippen molar-refractivity contribution < 1.29 is 0 Å². The molecule has 8 heteroatoms. The van der Waals surface area contributed by atoms with Gasteiger partial charge in [0.25, 0.3) is 0 Å². The highest BCUT2D eigenvalue weighted by Gasteiger charge is 2.18. The normalized spacial score (nSPS) is 11.7. The van der Waals surface area contributed by atoms with Crippen LogP contribution in [0, 0.1) is 0 Å². The van der Waals surface area contributed by atoms with E-state index in [1.54, 1.807) is 22.7 Å². The van der Waals surface area contributed by atoms with Crippen LogP contribution in [-0.4, -0.2) is 29.1 Å². The summed E-state index contributed by atoms with van der Waals surface area (Å²) in [4.78, 5) is 18.8. The third-order valence-corrected chi connectivity index (χ3v) is 9.98. The lowest BCUT2D eigenvalue weighted by Crippen LogP contribution is -1.96. The Morgan fingerprint density at radius 3 is 2.16 bits per heavy atom. The topological polar surface area (TPSA) is 61.4 Å². The van der Waals surface area contributed by atoms with Crippen LogP contribution in [0.4, 0.5) is 0 Å². The van der Waals surface area contributed by atoms with Crippen LogP contribution in [0.25, 0.3) is 82.3 Å². The van der Waals surface area contributed by atoms with Gasteiger partial charge in [0.1, 0.15) is 15.8 Å². The summed E-state index contributed by atoms with van der Waals surface area (Å²) in [5.74, 6) is 0.941. The molecule has 0 saturated carbocycles. The average molecular weight is 617 g/mol. The van der Waals surface area contributed by atoms with Crippen LogP contribution in [0.1, 0.15) is 0 Å². The number of hydrogen-bond acceptors (Lipinski definition) is 6. The molecule has 0 radical (unpaired) electrons. The maximum atomic E-state index is 5.01. The van der Waals surface area contributed by atoms with Gasteiger partial charge in [-0.1, -0.05) is 36.4 Å². The van der Waals surface area contributed by atoms with Crippen LogP contribution >= 0.6 is 22.7 Å². The molecule has 0 aliphatic heterocycles. The molecule has 0 amide bonds. The van der Waals surface area contributed by atoms with E-state index in [2.05, 4.69) is 117 Å². The third kappa shape index (κ3) is 4.29. The number of aromatic nitrogens is 6. The third-order valence-electron chi connectivity index (χ3n) is 8.33. The lowest BCUT2D eigenvalue weighted by atomic mass is 10.1. The number of thiazole rings is 2. The summed E-state index contributed by atoms with van der Waals surface area (Å²) >= 11 is 3.28. The van der Waals surface area contributed by atoms with Gasteiger partial charge >= 0.3 is 0 Å². The number of rotatable bonds is 5. The van der Waals surface area contributed by atoms with Crippen LogP contribution in [0.3, 0.4) is 0 Å². The summed E-state index contributed by atoms with van der Waals surface area (Å²) in [6.45, 7) is 0. The summed E-state index contributed by atoms with van der Waals surface area (Å²) < 4.78 is 4.53. The van der Waals surface area contributed by atoms with E-state index in [1.807, 2.05) is 35.4 Å². The van der Waals surface area contributed by atoms with Crippen molar-refractivity contribution in [3.8, 4) is 49.5 Å². The predicted molar refractivity (Wildman–Crippen MR) is 186 cm³/mol. The molecule has 0 fully saturated rings. The minimum absolute atomic E-state index is 0.921. The van der Waals surface area contributed by atoms with E-state index in [-0.39, 0.29) is 0 Å². The Labute approximate surface area is 266 Å². The van der Waals surface area contributed by atoms with E-state index in [1.165, 1.54) is 10.8 Å². The van der Waals surface area contributed by atoms with Gasteiger partial charge in [0.15, 0.2) is 0 Å². The quantitative estimate of drug-likeness (QED) is 0.193. The highest BCUT2D eigenvalue weighted by Crippen LogP contribution is 2.38. The molecule has 4 aromatic carbocycles. The van der Waals surface area contributed by atoms with Crippen molar-refractivity contribution in [3.63, 3.8) is 0 Å². The number of aryl methyl sites for hydroxylation is 1. The molecule has 0 atom stereocenters. The van der Waals surface area contributed by atoms with E-state index in [0.717, 1.165) is 71.5 Å². The minimum atomic E-state index is 0.921. The van der Waals surface area contributed by atoms with Crippen LogP contribution in [0.5, 0.6) is 0 Å². The lowest BCUT2D eigenvalue weighted by molar-refractivity contribution is 0.959. The molecule has 9 rings (SSSR count). The second kappa shape index (κ2) is 10.3. The van der Waals surface area contributed by atoms with Gasteiger partial charge in [-0.3, -0.25) is 4.98 Å². The highest BCUT2D eigenvalue weighted by molar-refractivity contribution is 7.13. The first-order chi connectivity index (χ1) is 22.2. The molecule has 0 aliphatic rings. The molecule has 0 bridgehead atoms. The smallest absolute Gasteiger partial charge is 0.140 e. The standard InChI is InChI=1S/C37H24N6S2/c1-42-33-8-3-2-7-31(33)41-35(42)24-9-12-28-29-20-25(36-38-15-17-44-36)11-14-32(29)43(34(28)21-24)27-6-4-5-23(19-27)30-13-10-26(22-40-30)37-39-16-18-45-37/h2-22H,1H3. The molecule has 0 N–H and O–H groups in total. The van der Waals surface area contributed by atoms with E-state index in [9.17, 15) is 0 Å². The van der Waals surface area contributed by atoms with Crippen LogP contribution in [-0.2, 0) is 7.05 Å². The molecule has 0 spiro atoms. The Balaban J connectivity index is 1.24. The van der Waals surface area contributed by atoms with E-state index >= 15 is 0 Å². The maximum Gasteiger partial charge on any atom is 0.140 e. The van der Waals surface area contributed by atoms with E-state index in [0.29, 0.717) is 0 Å². The highest BCUT2D eigenvalue weighted by atomic mass is 32.1. The van der Waals surface area contributed by atoms with Crippen molar-refractivity contribution in [2.24, 2.45) is 7.05 Å². The average Bonchev–Trinajstić information content (AvgIpc) is 3.91. The fourth-order valence-electron chi connectivity index (χ4n) is 6.20. The number of benzene rings is 4. The molecule has 5 heterocycles. The Morgan fingerprint density at radius 2 is 1.38 bits per heavy atom.